The second-order valence-corrected chi connectivity index (χ2v) is 2.71. The number of hydrogen-bond acceptors (Lipinski definition) is 5. The molecule has 0 bridgehead atoms. The molecule has 0 heterocycles. The highest BCUT2D eigenvalue weighted by atomic mass is 79.9. The molecule has 0 spiro atoms. The highest BCUT2D eigenvalue weighted by Crippen LogP contribution is 2.29. The Balaban J connectivity index is 3.27. The van der Waals surface area contributed by atoms with Crippen LogP contribution in [0.3, 0.4) is 0 Å². The van der Waals surface area contributed by atoms with Crippen molar-refractivity contribution in [3.8, 4) is 0 Å². The van der Waals surface area contributed by atoms with Gasteiger partial charge in [-0.05, 0) is 6.07 Å². The van der Waals surface area contributed by atoms with E-state index >= 15 is 0 Å². The van der Waals surface area contributed by atoms with E-state index in [0.717, 1.165) is 6.07 Å². The average molecular weight is 262 g/mol. The smallest absolute Gasteiger partial charge is 0.299 e. The van der Waals surface area contributed by atoms with Crippen molar-refractivity contribution >= 4 is 33.2 Å². The molecular weight excluding hydrogens is 258 g/mol. The van der Waals surface area contributed by atoms with E-state index in [4.69, 9.17) is 0 Å². The van der Waals surface area contributed by atoms with Gasteiger partial charge in [-0.15, -0.1) is 0 Å². The number of nitro benzene ring substituents is 2. The zero-order valence-electron chi connectivity index (χ0n) is 6.64. The van der Waals surface area contributed by atoms with E-state index in [9.17, 15) is 20.2 Å². The van der Waals surface area contributed by atoms with Crippen LogP contribution in [-0.4, -0.2) is 9.85 Å². The lowest BCUT2D eigenvalue weighted by atomic mass is 10.2. The molecule has 0 aliphatic rings. The highest BCUT2D eigenvalue weighted by Gasteiger charge is 2.18. The number of hydrogen-bond donors (Lipinski definition) is 1. The Labute approximate surface area is 86.4 Å². The molecule has 7 nitrogen and oxygen atoms in total. The number of rotatable bonds is 3. The maximum absolute atomic E-state index is 10.5. The predicted molar refractivity (Wildman–Crippen MR) is 52.3 cm³/mol. The second-order valence-electron chi connectivity index (χ2n) is 2.31. The fourth-order valence-corrected chi connectivity index (χ4v) is 1.20. The summed E-state index contributed by atoms with van der Waals surface area (Å²) in [4.78, 5) is 19.4. The molecule has 1 N–H and O–H groups in total. The van der Waals surface area contributed by atoms with Crippen molar-refractivity contribution in [3.05, 3.63) is 38.4 Å². The van der Waals surface area contributed by atoms with Gasteiger partial charge < -0.3 is 4.34 Å². The molecule has 74 valence electrons. The lowest BCUT2D eigenvalue weighted by Gasteiger charge is -1.99. The van der Waals surface area contributed by atoms with Gasteiger partial charge in [-0.1, -0.05) is 0 Å². The van der Waals surface area contributed by atoms with Crippen LogP contribution in [0, 0.1) is 20.2 Å². The van der Waals surface area contributed by atoms with Gasteiger partial charge in [0, 0.05) is 22.2 Å². The number of benzene rings is 1. The van der Waals surface area contributed by atoms with Crippen LogP contribution in [0.15, 0.2) is 18.2 Å². The van der Waals surface area contributed by atoms with Crippen molar-refractivity contribution in [2.24, 2.45) is 0 Å². The third kappa shape index (κ3) is 1.96. The highest BCUT2D eigenvalue weighted by molar-refractivity contribution is 9.10. The van der Waals surface area contributed by atoms with E-state index < -0.39 is 9.85 Å². The molecule has 1 rings (SSSR count). The van der Waals surface area contributed by atoms with Crippen LogP contribution < -0.4 is 4.34 Å². The first-order valence-electron chi connectivity index (χ1n) is 3.35. The molecular formula is C6H4BrN3O4. The van der Waals surface area contributed by atoms with E-state index in [1.807, 2.05) is 0 Å². The summed E-state index contributed by atoms with van der Waals surface area (Å²) in [7, 11) is 0. The van der Waals surface area contributed by atoms with E-state index in [1.165, 1.54) is 12.1 Å². The summed E-state index contributed by atoms with van der Waals surface area (Å²) in [5, 5.41) is 20.8. The van der Waals surface area contributed by atoms with Crippen LogP contribution in [0.5, 0.6) is 0 Å². The topological polar surface area (TPSA) is 98.3 Å². The molecule has 0 atom stereocenters. The molecule has 14 heavy (non-hydrogen) atoms. The first kappa shape index (κ1) is 10.4. The van der Waals surface area contributed by atoms with Crippen LogP contribution in [-0.2, 0) is 0 Å². The SMILES string of the molecule is O=[N+]([O-])c1ccc(NBr)c([N+](=O)[O-])c1. The summed E-state index contributed by atoms with van der Waals surface area (Å²) < 4.78 is 2.39. The Morgan fingerprint density at radius 2 is 1.86 bits per heavy atom. The van der Waals surface area contributed by atoms with Gasteiger partial charge >= 0.3 is 0 Å². The van der Waals surface area contributed by atoms with Gasteiger partial charge in [0.1, 0.15) is 5.69 Å². The normalized spacial score (nSPS) is 9.50. The quantitative estimate of drug-likeness (QED) is 0.511. The Morgan fingerprint density at radius 1 is 1.21 bits per heavy atom. The van der Waals surface area contributed by atoms with Gasteiger partial charge in [0.25, 0.3) is 11.4 Å². The first-order valence-corrected chi connectivity index (χ1v) is 4.15. The van der Waals surface area contributed by atoms with E-state index in [-0.39, 0.29) is 17.1 Å². The Morgan fingerprint density at radius 3 is 2.29 bits per heavy atom. The number of nitro groups is 2. The van der Waals surface area contributed by atoms with Crippen LogP contribution in [0.1, 0.15) is 0 Å². The molecule has 0 fully saturated rings. The van der Waals surface area contributed by atoms with Crippen molar-refractivity contribution in [1.82, 2.24) is 0 Å². The van der Waals surface area contributed by atoms with Crippen molar-refractivity contribution in [3.63, 3.8) is 0 Å². The van der Waals surface area contributed by atoms with E-state index in [0.29, 0.717) is 0 Å². The monoisotopic (exact) mass is 261 g/mol. The van der Waals surface area contributed by atoms with Crippen LogP contribution in [0.4, 0.5) is 17.1 Å². The second kappa shape index (κ2) is 4.01. The molecule has 1 aromatic carbocycles. The third-order valence-corrected chi connectivity index (χ3v) is 1.92. The fraction of sp³-hybridized carbons (Fsp3) is 0. The zero-order chi connectivity index (χ0) is 10.7. The molecule has 0 aromatic heterocycles. The van der Waals surface area contributed by atoms with Gasteiger partial charge in [-0.25, -0.2) is 0 Å². The lowest BCUT2D eigenvalue weighted by Crippen LogP contribution is -1.95. The first-order chi connectivity index (χ1) is 6.56. The van der Waals surface area contributed by atoms with Gasteiger partial charge in [0.15, 0.2) is 0 Å². The number of non-ortho nitro benzene ring substituents is 1. The third-order valence-electron chi connectivity index (χ3n) is 1.49. The molecule has 0 saturated carbocycles. The van der Waals surface area contributed by atoms with Gasteiger partial charge in [-0.3, -0.25) is 20.2 Å². The standard InChI is InChI=1S/C6H4BrN3O4/c7-8-5-2-1-4(9(11)12)3-6(5)10(13)14/h1-3,8H. The summed E-state index contributed by atoms with van der Waals surface area (Å²) in [6.45, 7) is 0. The summed E-state index contributed by atoms with van der Waals surface area (Å²) in [6.07, 6.45) is 0. The van der Waals surface area contributed by atoms with E-state index in [2.05, 4.69) is 20.5 Å². The summed E-state index contributed by atoms with van der Waals surface area (Å²) in [6, 6.07) is 3.32. The number of nitrogens with zero attached hydrogens (tertiary/aromatic N) is 2. The van der Waals surface area contributed by atoms with Gasteiger partial charge in [0.05, 0.1) is 15.9 Å². The van der Waals surface area contributed by atoms with Crippen LogP contribution in [0.25, 0.3) is 0 Å². The molecule has 0 unspecified atom stereocenters. The van der Waals surface area contributed by atoms with E-state index in [1.54, 1.807) is 0 Å². The molecule has 8 heteroatoms. The number of halogens is 1. The average Bonchev–Trinajstić information content (AvgIpc) is 2.16. The fourth-order valence-electron chi connectivity index (χ4n) is 0.865. The minimum Gasteiger partial charge on any atom is -0.317 e. The minimum absolute atomic E-state index is 0.167. The van der Waals surface area contributed by atoms with Crippen molar-refractivity contribution < 1.29 is 9.85 Å². The molecule has 0 aliphatic carbocycles. The lowest BCUT2D eigenvalue weighted by molar-refractivity contribution is -0.393. The molecule has 0 saturated heterocycles. The molecule has 0 aliphatic heterocycles. The zero-order valence-corrected chi connectivity index (χ0v) is 8.22. The number of anilines is 1. The molecule has 0 radical (unpaired) electrons. The van der Waals surface area contributed by atoms with Crippen molar-refractivity contribution in [2.75, 3.05) is 4.34 Å². The molecule has 0 amide bonds. The maximum atomic E-state index is 10.5. The summed E-state index contributed by atoms with van der Waals surface area (Å²) in [5.74, 6) is 0. The predicted octanol–water partition coefficient (Wildman–Crippen LogP) is 2.22. The largest absolute Gasteiger partial charge is 0.317 e. The Kier molecular flexibility index (Phi) is 2.97. The summed E-state index contributed by atoms with van der Waals surface area (Å²) in [5.41, 5.74) is -0.500. The van der Waals surface area contributed by atoms with Crippen LogP contribution >= 0.6 is 16.1 Å². The molecule has 1 aromatic rings. The Bertz CT molecular complexity index is 395. The van der Waals surface area contributed by atoms with Crippen molar-refractivity contribution in [1.29, 1.82) is 0 Å². The minimum atomic E-state index is -0.698. The van der Waals surface area contributed by atoms with Gasteiger partial charge in [-0.2, -0.15) is 0 Å². The Hall–Kier alpha value is -1.70. The van der Waals surface area contributed by atoms with Gasteiger partial charge in [0.2, 0.25) is 0 Å². The maximum Gasteiger partial charge on any atom is 0.299 e. The number of nitrogens with one attached hydrogen (secondary N) is 1. The summed E-state index contributed by atoms with van der Waals surface area (Å²) >= 11 is 2.81. The van der Waals surface area contributed by atoms with Crippen LogP contribution in [0.2, 0.25) is 0 Å². The van der Waals surface area contributed by atoms with Crippen molar-refractivity contribution in [2.45, 2.75) is 0 Å².